The number of hydrogen-bond acceptors (Lipinski definition) is 6. The summed E-state index contributed by atoms with van der Waals surface area (Å²) >= 11 is 6.10. The summed E-state index contributed by atoms with van der Waals surface area (Å²) in [6.45, 7) is 0. The number of hydrogen-bond donors (Lipinski definition) is 2. The number of rotatable bonds is 6. The summed E-state index contributed by atoms with van der Waals surface area (Å²) in [5.41, 5.74) is 0.722. The highest BCUT2D eigenvalue weighted by Gasteiger charge is 2.21. The van der Waals surface area contributed by atoms with Crippen molar-refractivity contribution in [2.45, 2.75) is 18.9 Å². The Hall–Kier alpha value is -2.21. The number of ether oxygens (including phenoxy) is 2. The molecule has 116 valence electrons. The van der Waals surface area contributed by atoms with Crippen molar-refractivity contribution in [2.75, 3.05) is 24.9 Å². The average molecular weight is 321 g/mol. The van der Waals surface area contributed by atoms with Gasteiger partial charge in [0.1, 0.15) is 29.5 Å². The lowest BCUT2D eigenvalue weighted by molar-refractivity contribution is 0.405. The highest BCUT2D eigenvalue weighted by molar-refractivity contribution is 6.32. The molecule has 7 heteroatoms. The lowest BCUT2D eigenvalue weighted by Crippen LogP contribution is -2.04. The van der Waals surface area contributed by atoms with E-state index < -0.39 is 0 Å². The van der Waals surface area contributed by atoms with Crippen molar-refractivity contribution >= 4 is 28.9 Å². The highest BCUT2D eigenvalue weighted by atomic mass is 35.5. The molecule has 0 atom stereocenters. The van der Waals surface area contributed by atoms with Gasteiger partial charge < -0.3 is 20.1 Å². The van der Waals surface area contributed by atoms with Gasteiger partial charge in [-0.2, -0.15) is 0 Å². The van der Waals surface area contributed by atoms with E-state index in [-0.39, 0.29) is 0 Å². The van der Waals surface area contributed by atoms with E-state index in [9.17, 15) is 0 Å². The van der Waals surface area contributed by atoms with Gasteiger partial charge in [0, 0.05) is 24.2 Å². The Morgan fingerprint density at radius 1 is 1.05 bits per heavy atom. The Morgan fingerprint density at radius 3 is 2.45 bits per heavy atom. The summed E-state index contributed by atoms with van der Waals surface area (Å²) in [6.07, 6.45) is 3.90. The van der Waals surface area contributed by atoms with Crippen LogP contribution >= 0.6 is 11.6 Å². The van der Waals surface area contributed by atoms with Gasteiger partial charge in [-0.1, -0.05) is 11.6 Å². The van der Waals surface area contributed by atoms with Crippen LogP contribution in [-0.2, 0) is 0 Å². The van der Waals surface area contributed by atoms with Gasteiger partial charge in [-0.15, -0.1) is 0 Å². The van der Waals surface area contributed by atoms with E-state index in [4.69, 9.17) is 21.1 Å². The highest BCUT2D eigenvalue weighted by Crippen LogP contribution is 2.37. The smallest absolute Gasteiger partial charge is 0.144 e. The number of halogens is 1. The van der Waals surface area contributed by atoms with Crippen molar-refractivity contribution in [3.05, 3.63) is 29.5 Å². The maximum atomic E-state index is 6.10. The zero-order valence-corrected chi connectivity index (χ0v) is 13.1. The van der Waals surface area contributed by atoms with E-state index in [2.05, 4.69) is 20.6 Å². The van der Waals surface area contributed by atoms with Crippen molar-refractivity contribution in [3.8, 4) is 11.5 Å². The molecule has 1 aromatic heterocycles. The molecule has 1 heterocycles. The maximum Gasteiger partial charge on any atom is 0.144 e. The third kappa shape index (κ3) is 3.33. The normalized spacial score (nSPS) is 13.6. The first-order valence-electron chi connectivity index (χ1n) is 6.96. The molecular formula is C15H17ClN4O2. The second kappa shape index (κ2) is 6.27. The van der Waals surface area contributed by atoms with Gasteiger partial charge in [0.05, 0.1) is 24.9 Å². The molecule has 0 saturated heterocycles. The second-order valence-corrected chi connectivity index (χ2v) is 5.43. The molecule has 1 saturated carbocycles. The Labute approximate surface area is 133 Å². The molecule has 2 N–H and O–H groups in total. The van der Waals surface area contributed by atoms with Crippen LogP contribution in [0.4, 0.5) is 17.3 Å². The molecule has 0 unspecified atom stereocenters. The van der Waals surface area contributed by atoms with E-state index in [0.717, 1.165) is 11.5 Å². The fourth-order valence-corrected chi connectivity index (χ4v) is 2.27. The average Bonchev–Trinajstić information content (AvgIpc) is 3.33. The zero-order valence-electron chi connectivity index (χ0n) is 12.4. The third-order valence-corrected chi connectivity index (χ3v) is 3.63. The number of benzene rings is 1. The first-order valence-corrected chi connectivity index (χ1v) is 7.34. The van der Waals surface area contributed by atoms with Gasteiger partial charge in [0.25, 0.3) is 0 Å². The topological polar surface area (TPSA) is 68.3 Å². The Kier molecular flexibility index (Phi) is 4.20. The standard InChI is InChI=1S/C15H17ClN4O2/c1-21-12-6-11(13(22-2)5-10(12)16)20-15-7-14(17-8-18-15)19-9-3-4-9/h5-9H,3-4H2,1-2H3,(H2,17,18,19,20). The molecule has 22 heavy (non-hydrogen) atoms. The van der Waals surface area contributed by atoms with Crippen molar-refractivity contribution in [2.24, 2.45) is 0 Å². The van der Waals surface area contributed by atoms with E-state index in [1.807, 2.05) is 6.07 Å². The molecule has 6 nitrogen and oxygen atoms in total. The fraction of sp³-hybridized carbons (Fsp3) is 0.333. The van der Waals surface area contributed by atoms with Gasteiger partial charge >= 0.3 is 0 Å². The Morgan fingerprint density at radius 2 is 1.77 bits per heavy atom. The van der Waals surface area contributed by atoms with Crippen LogP contribution in [0.5, 0.6) is 11.5 Å². The van der Waals surface area contributed by atoms with Crippen LogP contribution in [-0.4, -0.2) is 30.2 Å². The monoisotopic (exact) mass is 320 g/mol. The molecule has 2 aromatic rings. The maximum absolute atomic E-state index is 6.10. The summed E-state index contributed by atoms with van der Waals surface area (Å²) in [5.74, 6) is 2.65. The predicted molar refractivity (Wildman–Crippen MR) is 86.5 cm³/mol. The lowest BCUT2D eigenvalue weighted by atomic mass is 10.2. The number of nitrogens with zero attached hydrogens (tertiary/aromatic N) is 2. The van der Waals surface area contributed by atoms with Crippen LogP contribution < -0.4 is 20.1 Å². The van der Waals surface area contributed by atoms with Crippen LogP contribution in [0.3, 0.4) is 0 Å². The molecule has 1 aliphatic carbocycles. The number of aromatic nitrogens is 2. The van der Waals surface area contributed by atoms with Crippen LogP contribution in [0.25, 0.3) is 0 Å². The first kappa shape index (κ1) is 14.7. The molecule has 0 spiro atoms. The summed E-state index contributed by atoms with van der Waals surface area (Å²) in [4.78, 5) is 8.44. The summed E-state index contributed by atoms with van der Waals surface area (Å²) in [7, 11) is 3.16. The van der Waals surface area contributed by atoms with Gasteiger partial charge in [-0.3, -0.25) is 0 Å². The number of methoxy groups -OCH3 is 2. The van der Waals surface area contributed by atoms with Gasteiger partial charge in [0.15, 0.2) is 0 Å². The third-order valence-electron chi connectivity index (χ3n) is 3.33. The second-order valence-electron chi connectivity index (χ2n) is 5.02. The Bertz CT molecular complexity index is 677. The van der Waals surface area contributed by atoms with Gasteiger partial charge in [-0.05, 0) is 12.8 Å². The molecule has 1 aromatic carbocycles. The lowest BCUT2D eigenvalue weighted by Gasteiger charge is -2.14. The molecular weight excluding hydrogens is 304 g/mol. The van der Waals surface area contributed by atoms with Crippen molar-refractivity contribution in [1.29, 1.82) is 0 Å². The molecule has 0 radical (unpaired) electrons. The molecule has 0 amide bonds. The van der Waals surface area contributed by atoms with E-state index in [1.54, 1.807) is 26.4 Å². The first-order chi connectivity index (χ1) is 10.7. The molecule has 3 rings (SSSR count). The zero-order chi connectivity index (χ0) is 15.5. The molecule has 0 aliphatic heterocycles. The van der Waals surface area contributed by atoms with Crippen molar-refractivity contribution in [1.82, 2.24) is 9.97 Å². The van der Waals surface area contributed by atoms with Gasteiger partial charge in [-0.25, -0.2) is 9.97 Å². The van der Waals surface area contributed by atoms with E-state index in [0.29, 0.717) is 28.4 Å². The van der Waals surface area contributed by atoms with Crippen molar-refractivity contribution in [3.63, 3.8) is 0 Å². The summed E-state index contributed by atoms with van der Waals surface area (Å²) in [6, 6.07) is 5.87. The predicted octanol–water partition coefficient (Wildman–Crippen LogP) is 3.47. The molecule has 1 aliphatic rings. The minimum Gasteiger partial charge on any atom is -0.495 e. The molecule has 1 fully saturated rings. The minimum atomic E-state index is 0.490. The van der Waals surface area contributed by atoms with Crippen LogP contribution in [0.15, 0.2) is 24.5 Å². The number of nitrogens with one attached hydrogen (secondary N) is 2. The van der Waals surface area contributed by atoms with Crippen LogP contribution in [0.1, 0.15) is 12.8 Å². The van der Waals surface area contributed by atoms with Gasteiger partial charge in [0.2, 0.25) is 0 Å². The van der Waals surface area contributed by atoms with Crippen molar-refractivity contribution < 1.29 is 9.47 Å². The number of anilines is 3. The van der Waals surface area contributed by atoms with Crippen LogP contribution in [0, 0.1) is 0 Å². The fourth-order valence-electron chi connectivity index (χ4n) is 2.04. The van der Waals surface area contributed by atoms with E-state index >= 15 is 0 Å². The minimum absolute atomic E-state index is 0.490. The quantitative estimate of drug-likeness (QED) is 0.849. The van der Waals surface area contributed by atoms with E-state index in [1.165, 1.54) is 19.2 Å². The summed E-state index contributed by atoms with van der Waals surface area (Å²) in [5, 5.41) is 7.03. The largest absolute Gasteiger partial charge is 0.495 e. The summed E-state index contributed by atoms with van der Waals surface area (Å²) < 4.78 is 10.6. The Balaban J connectivity index is 1.85. The SMILES string of the molecule is COc1cc(Nc2cc(NC3CC3)ncn2)c(OC)cc1Cl. The van der Waals surface area contributed by atoms with Crippen LogP contribution in [0.2, 0.25) is 5.02 Å². The molecule has 0 bridgehead atoms.